The zero-order valence-electron chi connectivity index (χ0n) is 8.56. The molecule has 13 heavy (non-hydrogen) atoms. The van der Waals surface area contributed by atoms with Gasteiger partial charge in [0.2, 0.25) is 5.01 Å². The lowest BCUT2D eigenvalue weighted by atomic mass is 10.3. The third kappa shape index (κ3) is 2.50. The number of rotatable bonds is 4. The third-order valence-electron chi connectivity index (χ3n) is 2.36. The molecule has 0 N–H and O–H groups in total. The molecule has 0 radical (unpaired) electrons. The summed E-state index contributed by atoms with van der Waals surface area (Å²) in [7, 11) is 0. The number of halogens is 1. The van der Waals surface area contributed by atoms with Crippen LogP contribution in [0.1, 0.15) is 28.4 Å². The minimum Gasteiger partial charge on any atom is -0.251 e. The molecule has 1 aromatic heterocycles. The molecule has 1 nitrogen and oxygen atoms in total. The summed E-state index contributed by atoms with van der Waals surface area (Å²) in [5, 5.41) is 1.33. The van der Waals surface area contributed by atoms with Crippen LogP contribution in [0.5, 0.6) is 0 Å². The first-order chi connectivity index (χ1) is 6.16. The van der Waals surface area contributed by atoms with Gasteiger partial charge in [0, 0.05) is 20.3 Å². The fraction of sp³-hybridized carbons (Fsp3) is 0.700. The maximum atomic E-state index is 11.9. The average Bonchev–Trinajstić information content (AvgIpc) is 2.32. The van der Waals surface area contributed by atoms with Gasteiger partial charge in [-0.05, 0) is 13.3 Å². The van der Waals surface area contributed by atoms with Crippen molar-refractivity contribution in [2.24, 2.45) is 0 Å². The van der Waals surface area contributed by atoms with Crippen molar-refractivity contribution in [3.8, 4) is 0 Å². The minimum absolute atomic E-state index is 0.193. The molecule has 0 fully saturated rings. The topological polar surface area (TPSA) is 3.88 Å². The molecule has 0 saturated carbocycles. The van der Waals surface area contributed by atoms with E-state index in [0.29, 0.717) is 6.42 Å². The van der Waals surface area contributed by atoms with E-state index in [9.17, 15) is 4.39 Å². The van der Waals surface area contributed by atoms with E-state index in [4.69, 9.17) is 0 Å². The van der Waals surface area contributed by atoms with Crippen molar-refractivity contribution >= 4 is 11.3 Å². The van der Waals surface area contributed by atoms with Crippen molar-refractivity contribution in [2.45, 2.75) is 40.2 Å². The molecule has 1 rings (SSSR count). The van der Waals surface area contributed by atoms with Gasteiger partial charge in [-0.15, -0.1) is 0 Å². The van der Waals surface area contributed by atoms with Gasteiger partial charge in [0.15, 0.2) is 5.69 Å². The Morgan fingerprint density at radius 1 is 1.23 bits per heavy atom. The molecule has 0 aliphatic heterocycles. The standard InChI is InChI=1S/C10H17FNS/c1-8-9(2)13-10(3)12(8)7-5-4-6-11/h4-7H2,1-3H3/q+1. The maximum absolute atomic E-state index is 11.9. The predicted molar refractivity (Wildman–Crippen MR) is 53.9 cm³/mol. The quantitative estimate of drug-likeness (QED) is 0.522. The van der Waals surface area contributed by atoms with Crippen LogP contribution >= 0.6 is 11.3 Å². The van der Waals surface area contributed by atoms with E-state index in [2.05, 4.69) is 25.3 Å². The highest BCUT2D eigenvalue weighted by molar-refractivity contribution is 7.11. The minimum atomic E-state index is -0.193. The molecule has 0 saturated heterocycles. The highest BCUT2D eigenvalue weighted by Gasteiger charge is 2.16. The SMILES string of the molecule is Cc1sc(C)[n+](CCCCF)c1C. The molecule has 0 amide bonds. The second kappa shape index (κ2) is 4.70. The van der Waals surface area contributed by atoms with Crippen molar-refractivity contribution in [3.63, 3.8) is 0 Å². The van der Waals surface area contributed by atoms with Crippen molar-refractivity contribution in [1.29, 1.82) is 0 Å². The summed E-state index contributed by atoms with van der Waals surface area (Å²) in [5.74, 6) is 0. The van der Waals surface area contributed by atoms with Crippen molar-refractivity contribution in [3.05, 3.63) is 15.6 Å². The van der Waals surface area contributed by atoms with Gasteiger partial charge in [-0.1, -0.05) is 11.3 Å². The average molecular weight is 202 g/mol. The summed E-state index contributed by atoms with van der Waals surface area (Å²) in [5.41, 5.74) is 1.33. The lowest BCUT2D eigenvalue weighted by Crippen LogP contribution is -2.37. The highest BCUT2D eigenvalue weighted by atomic mass is 32.1. The molecule has 0 spiro atoms. The van der Waals surface area contributed by atoms with E-state index in [1.807, 2.05) is 11.3 Å². The third-order valence-corrected chi connectivity index (χ3v) is 3.48. The van der Waals surface area contributed by atoms with Crippen LogP contribution in [0.4, 0.5) is 4.39 Å². The lowest BCUT2D eigenvalue weighted by Gasteiger charge is -1.95. The van der Waals surface area contributed by atoms with Gasteiger partial charge in [0.1, 0.15) is 6.54 Å². The Kier molecular flexibility index (Phi) is 3.85. The van der Waals surface area contributed by atoms with E-state index in [1.54, 1.807) is 0 Å². The van der Waals surface area contributed by atoms with Gasteiger partial charge in [0.05, 0.1) is 11.6 Å². The Morgan fingerprint density at radius 3 is 2.38 bits per heavy atom. The van der Waals surface area contributed by atoms with Gasteiger partial charge in [-0.25, -0.2) is 0 Å². The van der Waals surface area contributed by atoms with Crippen LogP contribution < -0.4 is 4.57 Å². The molecule has 3 heteroatoms. The zero-order chi connectivity index (χ0) is 9.84. The highest BCUT2D eigenvalue weighted by Crippen LogP contribution is 2.13. The predicted octanol–water partition coefficient (Wildman–Crippen LogP) is 2.71. The number of hydrogen-bond donors (Lipinski definition) is 0. The van der Waals surface area contributed by atoms with Crippen molar-refractivity contribution in [1.82, 2.24) is 0 Å². The first-order valence-corrected chi connectivity index (χ1v) is 5.51. The van der Waals surface area contributed by atoms with Gasteiger partial charge in [-0.3, -0.25) is 4.39 Å². The molecule has 0 unspecified atom stereocenters. The number of alkyl halides is 1. The summed E-state index contributed by atoms with van der Waals surface area (Å²) in [4.78, 5) is 1.37. The smallest absolute Gasteiger partial charge is 0.234 e. The van der Waals surface area contributed by atoms with E-state index in [0.717, 1.165) is 13.0 Å². The van der Waals surface area contributed by atoms with Crippen molar-refractivity contribution in [2.75, 3.05) is 6.67 Å². The summed E-state index contributed by atoms with van der Waals surface area (Å²) in [6.07, 6.45) is 1.62. The fourth-order valence-electron chi connectivity index (χ4n) is 1.47. The Bertz CT molecular complexity index is 281. The summed E-state index contributed by atoms with van der Waals surface area (Å²) >= 11 is 1.82. The van der Waals surface area contributed by atoms with Crippen LogP contribution in [0, 0.1) is 20.8 Å². The molecule has 0 aromatic carbocycles. The van der Waals surface area contributed by atoms with Crippen LogP contribution in [-0.2, 0) is 6.54 Å². The fourth-order valence-corrected chi connectivity index (χ4v) is 2.51. The summed E-state index contributed by atoms with van der Waals surface area (Å²) in [6, 6.07) is 0. The van der Waals surface area contributed by atoms with Crippen LogP contribution in [0.25, 0.3) is 0 Å². The van der Waals surface area contributed by atoms with Crippen LogP contribution in [-0.4, -0.2) is 6.67 Å². The van der Waals surface area contributed by atoms with E-state index in [1.165, 1.54) is 15.6 Å². The van der Waals surface area contributed by atoms with Crippen LogP contribution in [0.3, 0.4) is 0 Å². The first kappa shape index (κ1) is 10.6. The molecule has 0 bridgehead atoms. The summed E-state index contributed by atoms with van der Waals surface area (Å²) in [6.45, 7) is 7.17. The number of aryl methyl sites for hydroxylation is 2. The Hall–Kier alpha value is -0.440. The largest absolute Gasteiger partial charge is 0.251 e. The van der Waals surface area contributed by atoms with E-state index < -0.39 is 0 Å². The van der Waals surface area contributed by atoms with Gasteiger partial charge < -0.3 is 0 Å². The monoisotopic (exact) mass is 202 g/mol. The van der Waals surface area contributed by atoms with Crippen LogP contribution in [0.2, 0.25) is 0 Å². The molecule has 74 valence electrons. The van der Waals surface area contributed by atoms with Gasteiger partial charge >= 0.3 is 0 Å². The second-order valence-electron chi connectivity index (χ2n) is 3.31. The lowest BCUT2D eigenvalue weighted by molar-refractivity contribution is -0.704. The summed E-state index contributed by atoms with van der Waals surface area (Å²) < 4.78 is 14.2. The molecule has 0 aliphatic rings. The Balaban J connectivity index is 2.64. The van der Waals surface area contributed by atoms with Gasteiger partial charge in [0.25, 0.3) is 0 Å². The molecular formula is C10H17FNS+. The van der Waals surface area contributed by atoms with E-state index in [-0.39, 0.29) is 6.67 Å². The number of unbranched alkanes of at least 4 members (excludes halogenated alkanes) is 1. The Morgan fingerprint density at radius 2 is 1.92 bits per heavy atom. The van der Waals surface area contributed by atoms with E-state index >= 15 is 0 Å². The molecule has 0 atom stereocenters. The molecule has 1 heterocycles. The molecule has 0 aliphatic carbocycles. The number of nitrogens with zero attached hydrogens (tertiary/aromatic N) is 1. The first-order valence-electron chi connectivity index (χ1n) is 4.69. The molecule has 1 aromatic rings. The number of thiazole rings is 1. The van der Waals surface area contributed by atoms with Crippen LogP contribution in [0.15, 0.2) is 0 Å². The normalized spacial score (nSPS) is 10.8. The Labute approximate surface area is 83.2 Å². The second-order valence-corrected chi connectivity index (χ2v) is 4.72. The number of hydrogen-bond acceptors (Lipinski definition) is 1. The maximum Gasteiger partial charge on any atom is 0.234 e. The van der Waals surface area contributed by atoms with Crippen molar-refractivity contribution < 1.29 is 8.96 Å². The number of aromatic nitrogens is 1. The zero-order valence-corrected chi connectivity index (χ0v) is 9.38. The molecular weight excluding hydrogens is 185 g/mol. The van der Waals surface area contributed by atoms with Gasteiger partial charge in [-0.2, -0.15) is 4.57 Å².